The summed E-state index contributed by atoms with van der Waals surface area (Å²) in [6.45, 7) is 5.97. The fraction of sp³-hybridized carbons (Fsp3) is 0.667. The van der Waals surface area contributed by atoms with Gasteiger partial charge in [0.25, 0.3) is 0 Å². The third-order valence-corrected chi connectivity index (χ3v) is 4.39. The number of aliphatic hydroxyl groups excluding tert-OH is 1. The van der Waals surface area contributed by atoms with Crippen molar-refractivity contribution in [1.29, 1.82) is 0 Å². The molecule has 1 aromatic carbocycles. The van der Waals surface area contributed by atoms with Gasteiger partial charge in [0, 0.05) is 12.6 Å². The van der Waals surface area contributed by atoms with Crippen LogP contribution in [0.5, 0.6) is 11.5 Å². The van der Waals surface area contributed by atoms with Crippen molar-refractivity contribution in [1.82, 2.24) is 5.32 Å². The largest absolute Gasteiger partial charge is 0.490 e. The highest BCUT2D eigenvalue weighted by atomic mass is 35.5. The molecule has 0 aliphatic heterocycles. The molecular formula is C18H28ClNO3. The Hall–Kier alpha value is -0.970. The maximum Gasteiger partial charge on any atom is 0.179 e. The number of hydrogen-bond donors (Lipinski definition) is 2. The summed E-state index contributed by atoms with van der Waals surface area (Å²) in [4.78, 5) is 0. The van der Waals surface area contributed by atoms with Crippen LogP contribution in [0.1, 0.15) is 51.5 Å². The van der Waals surface area contributed by atoms with Crippen molar-refractivity contribution in [2.45, 2.75) is 64.6 Å². The Morgan fingerprint density at radius 3 is 2.57 bits per heavy atom. The molecule has 0 aromatic heterocycles. The molecule has 1 aliphatic rings. The number of rotatable bonds is 8. The summed E-state index contributed by atoms with van der Waals surface area (Å²) in [6, 6.07) is 4.41. The van der Waals surface area contributed by atoms with E-state index in [1.807, 2.05) is 19.1 Å². The molecule has 0 atom stereocenters. The summed E-state index contributed by atoms with van der Waals surface area (Å²) in [6.07, 6.45) is 4.61. The second-order valence-corrected chi connectivity index (χ2v) is 6.48. The van der Waals surface area contributed by atoms with Crippen molar-refractivity contribution in [2.75, 3.05) is 13.2 Å². The lowest BCUT2D eigenvalue weighted by molar-refractivity contribution is 0.116. The molecule has 1 aliphatic carbocycles. The van der Waals surface area contributed by atoms with Crippen LogP contribution >= 0.6 is 11.6 Å². The molecule has 23 heavy (non-hydrogen) atoms. The molecule has 2 rings (SSSR count). The Morgan fingerprint density at radius 2 is 1.91 bits per heavy atom. The van der Waals surface area contributed by atoms with Crippen LogP contribution in [0.2, 0.25) is 5.02 Å². The molecule has 0 unspecified atom stereocenters. The zero-order valence-electron chi connectivity index (χ0n) is 14.1. The quantitative estimate of drug-likeness (QED) is 0.752. The van der Waals surface area contributed by atoms with E-state index in [9.17, 15) is 5.11 Å². The second kappa shape index (κ2) is 9.36. The van der Waals surface area contributed by atoms with E-state index in [1.165, 1.54) is 0 Å². The Labute approximate surface area is 144 Å². The minimum Gasteiger partial charge on any atom is -0.490 e. The average Bonchev–Trinajstić information content (AvgIpc) is 2.54. The predicted molar refractivity (Wildman–Crippen MR) is 93.5 cm³/mol. The molecule has 1 saturated carbocycles. The van der Waals surface area contributed by atoms with Gasteiger partial charge in [-0.1, -0.05) is 18.5 Å². The predicted octanol–water partition coefficient (Wildman–Crippen LogP) is 3.92. The first-order valence-electron chi connectivity index (χ1n) is 8.63. The van der Waals surface area contributed by atoms with Crippen molar-refractivity contribution >= 4 is 11.6 Å². The Balaban J connectivity index is 2.01. The van der Waals surface area contributed by atoms with E-state index in [2.05, 4.69) is 12.2 Å². The van der Waals surface area contributed by atoms with E-state index in [0.717, 1.165) is 44.2 Å². The van der Waals surface area contributed by atoms with E-state index >= 15 is 0 Å². The molecule has 0 spiro atoms. The van der Waals surface area contributed by atoms with Crippen molar-refractivity contribution < 1.29 is 14.6 Å². The fourth-order valence-corrected chi connectivity index (χ4v) is 3.16. The third-order valence-electron chi connectivity index (χ3n) is 4.11. The van der Waals surface area contributed by atoms with Crippen molar-refractivity contribution in [3.8, 4) is 11.5 Å². The average molecular weight is 342 g/mol. The van der Waals surface area contributed by atoms with Crippen LogP contribution in [0.15, 0.2) is 12.1 Å². The van der Waals surface area contributed by atoms with Crippen LogP contribution < -0.4 is 14.8 Å². The van der Waals surface area contributed by atoms with Crippen LogP contribution in [0.4, 0.5) is 0 Å². The number of nitrogens with one attached hydrogen (secondary N) is 1. The zero-order valence-corrected chi connectivity index (χ0v) is 14.9. The molecule has 1 fully saturated rings. The molecule has 0 radical (unpaired) electrons. The lowest BCUT2D eigenvalue weighted by Crippen LogP contribution is -2.34. The minimum absolute atomic E-state index is 0.123. The van der Waals surface area contributed by atoms with Gasteiger partial charge in [-0.2, -0.15) is 0 Å². The van der Waals surface area contributed by atoms with Crippen LogP contribution in [0, 0.1) is 0 Å². The lowest BCUT2D eigenvalue weighted by atomic mass is 9.93. The summed E-state index contributed by atoms with van der Waals surface area (Å²) in [5.41, 5.74) is 1.09. The first-order chi connectivity index (χ1) is 11.1. The number of ether oxygens (including phenoxy) is 2. The Bertz CT molecular complexity index is 487. The topological polar surface area (TPSA) is 50.7 Å². The molecule has 0 bridgehead atoms. The normalized spacial score (nSPS) is 21.2. The molecule has 0 saturated heterocycles. The maximum absolute atomic E-state index is 9.57. The van der Waals surface area contributed by atoms with Gasteiger partial charge in [-0.3, -0.25) is 0 Å². The van der Waals surface area contributed by atoms with Crippen molar-refractivity contribution in [3.05, 3.63) is 22.7 Å². The smallest absolute Gasteiger partial charge is 0.179 e. The van der Waals surface area contributed by atoms with E-state index in [0.29, 0.717) is 35.8 Å². The van der Waals surface area contributed by atoms with E-state index in [-0.39, 0.29) is 6.10 Å². The summed E-state index contributed by atoms with van der Waals surface area (Å²) in [5, 5.41) is 13.7. The number of halogens is 1. The Kier molecular flexibility index (Phi) is 7.47. The first-order valence-corrected chi connectivity index (χ1v) is 9.01. The monoisotopic (exact) mass is 341 g/mol. The highest BCUT2D eigenvalue weighted by Crippen LogP contribution is 2.37. The van der Waals surface area contributed by atoms with Gasteiger partial charge in [-0.15, -0.1) is 0 Å². The van der Waals surface area contributed by atoms with Gasteiger partial charge in [0.15, 0.2) is 11.5 Å². The Morgan fingerprint density at radius 1 is 1.17 bits per heavy atom. The molecule has 5 heteroatoms. The molecule has 2 N–H and O–H groups in total. The minimum atomic E-state index is -0.123. The molecule has 4 nitrogen and oxygen atoms in total. The number of benzene rings is 1. The lowest BCUT2D eigenvalue weighted by Gasteiger charge is -2.26. The van der Waals surface area contributed by atoms with Gasteiger partial charge in [-0.25, -0.2) is 0 Å². The number of aliphatic hydroxyl groups is 1. The zero-order chi connectivity index (χ0) is 16.7. The number of hydrogen-bond acceptors (Lipinski definition) is 4. The third kappa shape index (κ3) is 5.55. The van der Waals surface area contributed by atoms with Crippen LogP contribution in [0.3, 0.4) is 0 Å². The van der Waals surface area contributed by atoms with Gasteiger partial charge in [0.2, 0.25) is 0 Å². The first kappa shape index (κ1) is 18.4. The van der Waals surface area contributed by atoms with Crippen molar-refractivity contribution in [3.63, 3.8) is 0 Å². The second-order valence-electron chi connectivity index (χ2n) is 6.07. The van der Waals surface area contributed by atoms with Crippen LogP contribution in [-0.4, -0.2) is 30.5 Å². The molecule has 0 heterocycles. The summed E-state index contributed by atoms with van der Waals surface area (Å²) in [7, 11) is 0. The summed E-state index contributed by atoms with van der Waals surface area (Å²) in [5.74, 6) is 1.35. The molecule has 0 amide bonds. The van der Waals surface area contributed by atoms with Gasteiger partial charge in [0.1, 0.15) is 0 Å². The van der Waals surface area contributed by atoms with Gasteiger partial charge < -0.3 is 19.9 Å². The highest BCUT2D eigenvalue weighted by Gasteiger charge is 2.19. The van der Waals surface area contributed by atoms with E-state index < -0.39 is 0 Å². The maximum atomic E-state index is 9.57. The van der Waals surface area contributed by atoms with Gasteiger partial charge in [-0.05, 0) is 56.7 Å². The van der Waals surface area contributed by atoms with Gasteiger partial charge in [0.05, 0.1) is 24.3 Å². The highest BCUT2D eigenvalue weighted by molar-refractivity contribution is 6.32. The molecule has 1 aromatic rings. The molecule has 130 valence electrons. The van der Waals surface area contributed by atoms with Crippen LogP contribution in [0.25, 0.3) is 0 Å². The van der Waals surface area contributed by atoms with E-state index in [1.54, 1.807) is 0 Å². The summed E-state index contributed by atoms with van der Waals surface area (Å²) < 4.78 is 11.4. The SMILES string of the molecule is CCCOc1c(Cl)cc(CNC2CCC(O)CC2)cc1OCC. The summed E-state index contributed by atoms with van der Waals surface area (Å²) >= 11 is 6.38. The van der Waals surface area contributed by atoms with E-state index in [4.69, 9.17) is 21.1 Å². The van der Waals surface area contributed by atoms with Crippen LogP contribution in [-0.2, 0) is 6.54 Å². The molecular weight excluding hydrogens is 314 g/mol. The fourth-order valence-electron chi connectivity index (χ4n) is 2.87. The standard InChI is InChI=1S/C18H28ClNO3/c1-3-9-23-18-16(19)10-13(11-17(18)22-4-2)12-20-14-5-7-15(21)8-6-14/h10-11,14-15,20-21H,3-9,12H2,1-2H3. The van der Waals surface area contributed by atoms with Crippen molar-refractivity contribution in [2.24, 2.45) is 0 Å². The van der Waals surface area contributed by atoms with Gasteiger partial charge >= 0.3 is 0 Å².